The Morgan fingerprint density at radius 2 is 1.79 bits per heavy atom. The van der Waals surface area contributed by atoms with Crippen LogP contribution in [0.4, 0.5) is 0 Å². The fourth-order valence-electron chi connectivity index (χ4n) is 2.28. The summed E-state index contributed by atoms with van der Waals surface area (Å²) in [6, 6.07) is 14.1. The zero-order valence-corrected chi connectivity index (χ0v) is 14.6. The highest BCUT2D eigenvalue weighted by Crippen LogP contribution is 2.13. The first-order chi connectivity index (χ1) is 11.4. The van der Waals surface area contributed by atoms with Crippen molar-refractivity contribution in [3.8, 4) is 5.75 Å². The molecule has 2 aromatic carbocycles. The Morgan fingerprint density at radius 1 is 1.08 bits per heavy atom. The molecule has 0 aromatic heterocycles. The summed E-state index contributed by atoms with van der Waals surface area (Å²) in [7, 11) is -1.58. The molecule has 0 bridgehead atoms. The third-order valence-electron chi connectivity index (χ3n) is 3.59. The fourth-order valence-corrected chi connectivity index (χ4v) is 2.91. The summed E-state index contributed by atoms with van der Waals surface area (Å²) in [6.07, 6.45) is 2.12. The fraction of sp³-hybridized carbons (Fsp3) is 0.278. The van der Waals surface area contributed by atoms with Gasteiger partial charge < -0.3 is 10.1 Å². The first-order valence-electron chi connectivity index (χ1n) is 7.57. The van der Waals surface area contributed by atoms with Crippen molar-refractivity contribution in [1.82, 2.24) is 5.32 Å². The number of nitrogens with one attached hydrogen (secondary N) is 1. The summed E-state index contributed by atoms with van der Waals surface area (Å²) < 4.78 is 27.9. The number of hydrogen-bond acceptors (Lipinski definition) is 4. The summed E-state index contributed by atoms with van der Waals surface area (Å²) >= 11 is 0. The van der Waals surface area contributed by atoms with Crippen molar-refractivity contribution in [3.63, 3.8) is 0 Å². The lowest BCUT2D eigenvalue weighted by Gasteiger charge is -2.07. The Morgan fingerprint density at radius 3 is 2.42 bits per heavy atom. The number of amides is 1. The van der Waals surface area contributed by atoms with Crippen molar-refractivity contribution in [2.45, 2.75) is 17.7 Å². The van der Waals surface area contributed by atoms with Gasteiger partial charge in [-0.25, -0.2) is 8.42 Å². The molecule has 2 aromatic rings. The van der Waals surface area contributed by atoms with Crippen molar-refractivity contribution in [2.75, 3.05) is 19.9 Å². The molecule has 5 nitrogen and oxygen atoms in total. The number of hydrogen-bond donors (Lipinski definition) is 1. The molecule has 24 heavy (non-hydrogen) atoms. The van der Waals surface area contributed by atoms with Crippen molar-refractivity contribution >= 4 is 15.7 Å². The van der Waals surface area contributed by atoms with Crippen LogP contribution in [0.15, 0.2) is 53.4 Å². The van der Waals surface area contributed by atoms with Gasteiger partial charge in [-0.2, -0.15) is 0 Å². The van der Waals surface area contributed by atoms with Crippen LogP contribution in [0.3, 0.4) is 0 Å². The van der Waals surface area contributed by atoms with Crippen LogP contribution in [0.25, 0.3) is 0 Å². The Balaban J connectivity index is 1.82. The lowest BCUT2D eigenvalue weighted by molar-refractivity contribution is -0.120. The molecule has 2 rings (SSSR count). The highest BCUT2D eigenvalue weighted by atomic mass is 32.2. The first-order valence-corrected chi connectivity index (χ1v) is 9.46. The lowest BCUT2D eigenvalue weighted by atomic mass is 10.1. The van der Waals surface area contributed by atoms with Crippen LogP contribution in [0.5, 0.6) is 5.75 Å². The van der Waals surface area contributed by atoms with Crippen LogP contribution >= 0.6 is 0 Å². The van der Waals surface area contributed by atoms with E-state index in [-0.39, 0.29) is 5.91 Å². The molecule has 0 aliphatic carbocycles. The zero-order valence-electron chi connectivity index (χ0n) is 13.8. The van der Waals surface area contributed by atoms with E-state index in [0.717, 1.165) is 16.9 Å². The molecule has 0 aliphatic heterocycles. The predicted octanol–water partition coefficient (Wildman–Crippen LogP) is 2.00. The Kier molecular flexibility index (Phi) is 5.98. The van der Waals surface area contributed by atoms with Crippen molar-refractivity contribution in [3.05, 3.63) is 59.7 Å². The van der Waals surface area contributed by atoms with Crippen LogP contribution < -0.4 is 10.1 Å². The zero-order chi connectivity index (χ0) is 17.6. The van der Waals surface area contributed by atoms with E-state index in [4.69, 9.17) is 4.74 Å². The van der Waals surface area contributed by atoms with E-state index in [1.165, 1.54) is 6.26 Å². The maximum atomic E-state index is 12.0. The average molecular weight is 347 g/mol. The summed E-state index contributed by atoms with van der Waals surface area (Å²) in [5, 5.41) is 2.86. The van der Waals surface area contributed by atoms with Crippen LogP contribution in [0, 0.1) is 0 Å². The summed E-state index contributed by atoms with van der Waals surface area (Å²) in [5.41, 5.74) is 1.87. The van der Waals surface area contributed by atoms with E-state index in [2.05, 4.69) is 5.32 Å². The molecule has 6 heteroatoms. The van der Waals surface area contributed by atoms with E-state index in [9.17, 15) is 13.2 Å². The minimum absolute atomic E-state index is 0.0593. The Bertz CT molecular complexity index is 798. The SMILES string of the molecule is COc1cccc(CC(=O)NCCc2ccc(S(C)(=O)=O)cc2)c1. The molecule has 0 fully saturated rings. The summed E-state index contributed by atoms with van der Waals surface area (Å²) in [5.74, 6) is 0.669. The normalized spacial score (nSPS) is 11.1. The number of benzene rings is 2. The summed E-state index contributed by atoms with van der Waals surface area (Å²) in [4.78, 5) is 12.3. The second-order valence-corrected chi connectivity index (χ2v) is 7.56. The quantitative estimate of drug-likeness (QED) is 0.831. The number of rotatable bonds is 7. The molecule has 128 valence electrons. The molecular formula is C18H21NO4S. The molecular weight excluding hydrogens is 326 g/mol. The Hall–Kier alpha value is -2.34. The molecule has 0 spiro atoms. The van der Waals surface area contributed by atoms with Gasteiger partial charge in [0, 0.05) is 12.8 Å². The number of sulfone groups is 1. The topological polar surface area (TPSA) is 72.5 Å². The van der Waals surface area contributed by atoms with Gasteiger partial charge in [0.05, 0.1) is 18.4 Å². The van der Waals surface area contributed by atoms with E-state index in [1.807, 2.05) is 24.3 Å². The molecule has 0 saturated carbocycles. The van der Waals surface area contributed by atoms with Gasteiger partial charge in [-0.05, 0) is 41.8 Å². The highest BCUT2D eigenvalue weighted by Gasteiger charge is 2.07. The standard InChI is InChI=1S/C18H21NO4S/c1-23-16-5-3-4-15(12-16)13-18(20)19-11-10-14-6-8-17(9-7-14)24(2,21)22/h3-9,12H,10-11,13H2,1-2H3,(H,19,20). The second-order valence-electron chi connectivity index (χ2n) is 5.54. The van der Waals surface area contributed by atoms with Gasteiger partial charge in [-0.3, -0.25) is 4.79 Å². The van der Waals surface area contributed by atoms with Gasteiger partial charge >= 0.3 is 0 Å². The van der Waals surface area contributed by atoms with E-state index < -0.39 is 9.84 Å². The molecule has 0 heterocycles. The van der Waals surface area contributed by atoms with Gasteiger partial charge in [0.25, 0.3) is 0 Å². The molecule has 0 aliphatic rings. The van der Waals surface area contributed by atoms with Crippen molar-refractivity contribution in [1.29, 1.82) is 0 Å². The van der Waals surface area contributed by atoms with Gasteiger partial charge in [0.1, 0.15) is 5.75 Å². The third kappa shape index (κ3) is 5.38. The largest absolute Gasteiger partial charge is 0.497 e. The molecule has 0 atom stereocenters. The second kappa shape index (κ2) is 7.97. The third-order valence-corrected chi connectivity index (χ3v) is 4.71. The van der Waals surface area contributed by atoms with Crippen LogP contribution in [-0.2, 0) is 27.5 Å². The molecule has 0 saturated heterocycles. The van der Waals surface area contributed by atoms with E-state index in [0.29, 0.717) is 24.3 Å². The maximum Gasteiger partial charge on any atom is 0.224 e. The monoisotopic (exact) mass is 347 g/mol. The number of carbonyl (C=O) groups is 1. The average Bonchev–Trinajstić information content (AvgIpc) is 2.54. The minimum atomic E-state index is -3.17. The van der Waals surface area contributed by atoms with E-state index >= 15 is 0 Å². The van der Waals surface area contributed by atoms with E-state index in [1.54, 1.807) is 31.4 Å². The van der Waals surface area contributed by atoms with Crippen molar-refractivity contribution in [2.24, 2.45) is 0 Å². The molecule has 0 unspecified atom stereocenters. The predicted molar refractivity (Wildman–Crippen MR) is 93.0 cm³/mol. The molecule has 0 radical (unpaired) electrons. The van der Waals surface area contributed by atoms with Gasteiger partial charge in [-0.1, -0.05) is 24.3 Å². The molecule has 1 N–H and O–H groups in total. The number of ether oxygens (including phenoxy) is 1. The molecule has 1 amide bonds. The summed E-state index contributed by atoms with van der Waals surface area (Å²) in [6.45, 7) is 0.501. The number of methoxy groups -OCH3 is 1. The van der Waals surface area contributed by atoms with Crippen LogP contribution in [0.1, 0.15) is 11.1 Å². The minimum Gasteiger partial charge on any atom is -0.497 e. The Labute approximate surface area is 142 Å². The van der Waals surface area contributed by atoms with Gasteiger partial charge in [0.2, 0.25) is 5.91 Å². The smallest absolute Gasteiger partial charge is 0.224 e. The van der Waals surface area contributed by atoms with Crippen molar-refractivity contribution < 1.29 is 17.9 Å². The lowest BCUT2D eigenvalue weighted by Crippen LogP contribution is -2.27. The van der Waals surface area contributed by atoms with Gasteiger partial charge in [-0.15, -0.1) is 0 Å². The number of carbonyl (C=O) groups excluding carboxylic acids is 1. The van der Waals surface area contributed by atoms with Gasteiger partial charge in [0.15, 0.2) is 9.84 Å². The first kappa shape index (κ1) is 18.0. The van der Waals surface area contributed by atoms with Crippen LogP contribution in [0.2, 0.25) is 0 Å². The maximum absolute atomic E-state index is 12.0. The highest BCUT2D eigenvalue weighted by molar-refractivity contribution is 7.90. The van der Waals surface area contributed by atoms with Crippen LogP contribution in [-0.4, -0.2) is 34.2 Å².